The number of benzene rings is 3. The number of carboxylic acids is 1. The molecule has 0 radical (unpaired) electrons. The van der Waals surface area contributed by atoms with Crippen molar-refractivity contribution < 1.29 is 41.4 Å². The highest BCUT2D eigenvalue weighted by Gasteiger charge is 2.57. The largest absolute Gasteiger partial charge is 0.771 e. The van der Waals surface area contributed by atoms with Gasteiger partial charge >= 0.3 is 11.9 Å². The van der Waals surface area contributed by atoms with Crippen LogP contribution in [0.5, 0.6) is 0 Å². The first-order valence-corrected chi connectivity index (χ1v) is 16.6. The topological polar surface area (TPSA) is 129 Å². The maximum absolute atomic E-state index is 15.8. The quantitative estimate of drug-likeness (QED) is 0.241. The standard InChI is InChI=1S/C31H25Cl2FN2O5S.C3H4F2O2/c32-21-9-5-19(6-10-21)27-28(20-7-11-22(33)12-8-20)36-26(31(27,42(39)40)24-3-1-2-4-25(24)34)14-13-23(30(36)38)29(37)35-15-17-41-18-16-35;1-3(4,5)2(6)7/h1-14,27-28H,15-18H2,(H,39,40);1H3,(H,6,7)/p-1/t27?,28-,31?;/m0./s1. The first-order chi connectivity index (χ1) is 23.2. The van der Waals surface area contributed by atoms with E-state index in [2.05, 4.69) is 0 Å². The van der Waals surface area contributed by atoms with Crippen LogP contribution >= 0.6 is 23.2 Å². The van der Waals surface area contributed by atoms with Crippen LogP contribution in [0, 0.1) is 5.82 Å². The minimum atomic E-state index is -3.58. The van der Waals surface area contributed by atoms with Crippen LogP contribution in [0.15, 0.2) is 89.7 Å². The number of nitrogens with zero attached hydrogens (tertiary/aromatic N) is 2. The molecule has 9 nitrogen and oxygen atoms in total. The maximum atomic E-state index is 15.8. The summed E-state index contributed by atoms with van der Waals surface area (Å²) in [7, 11) is 0. The van der Waals surface area contributed by atoms with Crippen molar-refractivity contribution in [2.24, 2.45) is 0 Å². The van der Waals surface area contributed by atoms with Crippen LogP contribution in [-0.2, 0) is 25.4 Å². The molecule has 0 saturated carbocycles. The minimum Gasteiger partial charge on any atom is -0.771 e. The number of hydrogen-bond donors (Lipinski definition) is 1. The van der Waals surface area contributed by atoms with Crippen LogP contribution in [-0.4, -0.2) is 67.4 Å². The van der Waals surface area contributed by atoms with Crippen LogP contribution < -0.4 is 5.56 Å². The number of halogens is 5. The predicted octanol–water partition coefficient (Wildman–Crippen LogP) is 6.00. The zero-order valence-electron chi connectivity index (χ0n) is 25.7. The van der Waals surface area contributed by atoms with Gasteiger partial charge in [0.1, 0.15) is 16.1 Å². The fourth-order valence-electron chi connectivity index (χ4n) is 6.20. The van der Waals surface area contributed by atoms with Gasteiger partial charge in [-0.2, -0.15) is 8.78 Å². The Morgan fingerprint density at radius 2 is 1.47 bits per heavy atom. The van der Waals surface area contributed by atoms with Gasteiger partial charge < -0.3 is 23.9 Å². The van der Waals surface area contributed by atoms with Gasteiger partial charge in [0.25, 0.3) is 11.5 Å². The van der Waals surface area contributed by atoms with Crippen LogP contribution in [0.3, 0.4) is 0 Å². The molecule has 4 aromatic rings. The molecule has 0 aliphatic carbocycles. The zero-order chi connectivity index (χ0) is 35.7. The van der Waals surface area contributed by atoms with Crippen molar-refractivity contribution in [1.29, 1.82) is 0 Å². The Bertz CT molecular complexity index is 1950. The smallest absolute Gasteiger partial charge is 0.374 e. The van der Waals surface area contributed by atoms with Gasteiger partial charge in [0.2, 0.25) is 0 Å². The van der Waals surface area contributed by atoms with E-state index in [1.54, 1.807) is 54.6 Å². The van der Waals surface area contributed by atoms with Crippen molar-refractivity contribution in [2.75, 3.05) is 26.3 Å². The Hall–Kier alpha value is -4.01. The lowest BCUT2D eigenvalue weighted by Gasteiger charge is -2.39. The number of hydrogen-bond acceptors (Lipinski definition) is 6. The molecule has 2 aliphatic heterocycles. The fourth-order valence-corrected chi connectivity index (χ4v) is 7.60. The molecular weight excluding hydrogens is 708 g/mol. The van der Waals surface area contributed by atoms with Crippen LogP contribution in [0.2, 0.25) is 10.0 Å². The number of rotatable bonds is 6. The third kappa shape index (κ3) is 6.90. The molecule has 15 heteroatoms. The Kier molecular flexibility index (Phi) is 10.7. The molecule has 1 fully saturated rings. The summed E-state index contributed by atoms with van der Waals surface area (Å²) in [5, 5.41) is 8.36. The molecule has 3 unspecified atom stereocenters. The number of alkyl halides is 2. The molecule has 3 heterocycles. The first kappa shape index (κ1) is 36.3. The van der Waals surface area contributed by atoms with Gasteiger partial charge in [-0.15, -0.1) is 0 Å². The third-order valence-corrected chi connectivity index (χ3v) is 10.1. The van der Waals surface area contributed by atoms with Crippen molar-refractivity contribution in [1.82, 2.24) is 9.47 Å². The van der Waals surface area contributed by atoms with Crippen molar-refractivity contribution in [3.63, 3.8) is 0 Å². The average Bonchev–Trinajstić information content (AvgIpc) is 3.38. The van der Waals surface area contributed by atoms with Gasteiger partial charge in [-0.25, -0.2) is 9.18 Å². The molecule has 2 aliphatic rings. The van der Waals surface area contributed by atoms with E-state index in [0.717, 1.165) is 0 Å². The summed E-state index contributed by atoms with van der Waals surface area (Å²) in [5.74, 6) is -7.94. The lowest BCUT2D eigenvalue weighted by Crippen LogP contribution is -2.43. The summed E-state index contributed by atoms with van der Waals surface area (Å²) in [6.45, 7) is 1.65. The Labute approximate surface area is 291 Å². The number of carbonyl (C=O) groups is 2. The Morgan fingerprint density at radius 3 is 1.98 bits per heavy atom. The zero-order valence-corrected chi connectivity index (χ0v) is 28.0. The van der Waals surface area contributed by atoms with Gasteiger partial charge in [0.15, 0.2) is 0 Å². The molecule has 1 aromatic heterocycles. The summed E-state index contributed by atoms with van der Waals surface area (Å²) >= 11 is 9.40. The van der Waals surface area contributed by atoms with E-state index in [-0.39, 0.29) is 16.8 Å². The molecule has 0 bridgehead atoms. The van der Waals surface area contributed by atoms with Gasteiger partial charge in [0, 0.05) is 47.2 Å². The Balaban J connectivity index is 0.000000606. The van der Waals surface area contributed by atoms with Crippen molar-refractivity contribution in [2.45, 2.75) is 29.6 Å². The molecule has 1 N–H and O–H groups in total. The summed E-state index contributed by atoms with van der Waals surface area (Å²) < 4.78 is 70.2. The van der Waals surface area contributed by atoms with Gasteiger partial charge in [-0.05, 0) is 64.7 Å². The molecule has 1 saturated heterocycles. The molecular formula is C34H28Cl2F3N2O7S-. The minimum absolute atomic E-state index is 0.0457. The molecule has 6 rings (SSSR count). The molecule has 258 valence electrons. The number of aliphatic carboxylic acids is 1. The number of carbonyl (C=O) groups excluding carboxylic acids is 1. The van der Waals surface area contributed by atoms with Crippen molar-refractivity contribution in [3.8, 4) is 0 Å². The van der Waals surface area contributed by atoms with E-state index in [1.165, 1.54) is 39.8 Å². The summed E-state index contributed by atoms with van der Waals surface area (Å²) in [5.41, 5.74) is 0.208. The number of ether oxygens (including phenoxy) is 1. The second-order valence-electron chi connectivity index (χ2n) is 11.4. The summed E-state index contributed by atoms with van der Waals surface area (Å²) in [6.07, 6.45) is 0. The number of pyridine rings is 1. The summed E-state index contributed by atoms with van der Waals surface area (Å²) in [6, 6.07) is 20.8. The van der Waals surface area contributed by atoms with E-state index in [1.807, 2.05) is 0 Å². The Morgan fingerprint density at radius 1 is 0.939 bits per heavy atom. The fraction of sp³-hybridized carbons (Fsp3) is 0.265. The van der Waals surface area contributed by atoms with Crippen molar-refractivity contribution in [3.05, 3.63) is 139 Å². The normalized spacial score (nSPS) is 20.9. The predicted molar refractivity (Wildman–Crippen MR) is 176 cm³/mol. The second-order valence-corrected chi connectivity index (χ2v) is 13.4. The van der Waals surface area contributed by atoms with E-state index in [0.29, 0.717) is 54.4 Å². The van der Waals surface area contributed by atoms with E-state index < -0.39 is 57.0 Å². The molecule has 1 amide bonds. The monoisotopic (exact) mass is 735 g/mol. The second kappa shape index (κ2) is 14.5. The van der Waals surface area contributed by atoms with E-state index in [4.69, 9.17) is 33.0 Å². The van der Waals surface area contributed by atoms with Crippen LogP contribution in [0.25, 0.3) is 0 Å². The van der Waals surface area contributed by atoms with Crippen molar-refractivity contribution >= 4 is 46.2 Å². The summed E-state index contributed by atoms with van der Waals surface area (Å²) in [4.78, 5) is 38.8. The highest BCUT2D eigenvalue weighted by Crippen LogP contribution is 2.58. The molecule has 3 aromatic carbocycles. The lowest BCUT2D eigenvalue weighted by molar-refractivity contribution is -0.161. The maximum Gasteiger partial charge on any atom is 0.374 e. The molecule has 0 spiro atoms. The lowest BCUT2D eigenvalue weighted by atomic mass is 9.75. The number of aromatic nitrogens is 1. The van der Waals surface area contributed by atoms with Gasteiger partial charge in [-0.3, -0.25) is 13.8 Å². The van der Waals surface area contributed by atoms with Crippen LogP contribution in [0.4, 0.5) is 13.2 Å². The number of morpholine rings is 1. The van der Waals surface area contributed by atoms with Gasteiger partial charge in [0.05, 0.1) is 19.3 Å². The highest BCUT2D eigenvalue weighted by molar-refractivity contribution is 7.80. The van der Waals surface area contributed by atoms with E-state index >= 15 is 4.39 Å². The number of fused-ring (bicyclic) bond motifs is 1. The number of carboxylic acid groups (broad SMARTS) is 1. The molecule has 4 atom stereocenters. The third-order valence-electron chi connectivity index (χ3n) is 8.41. The van der Waals surface area contributed by atoms with Gasteiger partial charge in [-0.1, -0.05) is 65.7 Å². The molecule has 49 heavy (non-hydrogen) atoms. The van der Waals surface area contributed by atoms with Crippen LogP contribution in [0.1, 0.15) is 51.6 Å². The first-order valence-electron chi connectivity index (χ1n) is 14.8. The number of amides is 1. The highest BCUT2D eigenvalue weighted by atomic mass is 35.5. The SMILES string of the molecule is CC(F)(F)C(=O)O.O=C(c1ccc2n(c1=O)[C@@H](c1ccc(Cl)cc1)C(c1ccc(Cl)cc1)C2(c1ccccc1F)S(=O)[O-])N1CCOCC1. The average molecular weight is 737 g/mol. The van der Waals surface area contributed by atoms with E-state index in [9.17, 15) is 31.9 Å².